The molecule has 144 valence electrons. The zero-order valence-electron chi connectivity index (χ0n) is 14.5. The summed E-state index contributed by atoms with van der Waals surface area (Å²) in [6.45, 7) is 2.07. The van der Waals surface area contributed by atoms with Crippen LogP contribution in [0.1, 0.15) is 13.3 Å². The van der Waals surface area contributed by atoms with Gasteiger partial charge in [-0.05, 0) is 6.42 Å². The Morgan fingerprint density at radius 2 is 2.04 bits per heavy atom. The number of likely N-dealkylation sites (N-methyl/N-ethyl adjacent to an activating group) is 2. The third-order valence-corrected chi connectivity index (χ3v) is 4.45. The van der Waals surface area contributed by atoms with Crippen LogP contribution >= 0.6 is 0 Å². The summed E-state index contributed by atoms with van der Waals surface area (Å²) in [5.41, 5.74) is 6.28. The number of aliphatic hydroxyl groups is 2. The van der Waals surface area contributed by atoms with Gasteiger partial charge in [0.05, 0.1) is 36.5 Å². The molecule has 0 saturated heterocycles. The van der Waals surface area contributed by atoms with Gasteiger partial charge < -0.3 is 30.3 Å². The Kier molecular flexibility index (Phi) is 7.31. The highest BCUT2D eigenvalue weighted by Gasteiger charge is 2.41. The van der Waals surface area contributed by atoms with Crippen molar-refractivity contribution in [1.29, 1.82) is 0 Å². The fraction of sp³-hybridized carbons (Fsp3) is 0.692. The van der Waals surface area contributed by atoms with Crippen LogP contribution < -0.4 is 10.6 Å². The van der Waals surface area contributed by atoms with E-state index in [4.69, 9.17) is 10.8 Å². The number of nitrogens with two attached hydrogens (primary N) is 1. The van der Waals surface area contributed by atoms with Gasteiger partial charge >= 0.3 is 11.9 Å². The molecule has 2 aliphatic rings. The Bertz CT molecular complexity index is 662. The first-order valence-corrected chi connectivity index (χ1v) is 9.25. The Labute approximate surface area is 146 Å². The van der Waals surface area contributed by atoms with Gasteiger partial charge in [-0.2, -0.15) is 4.99 Å². The van der Waals surface area contributed by atoms with Crippen LogP contribution in [-0.4, -0.2) is 90.6 Å². The molecule has 2 atom stereocenters. The van der Waals surface area contributed by atoms with Gasteiger partial charge in [-0.25, -0.2) is 18.1 Å². The number of carbonyl (C=O) groups is 1. The average Bonchev–Trinajstić information content (AvgIpc) is 2.86. The summed E-state index contributed by atoms with van der Waals surface area (Å²) in [6, 6.07) is 0. The molecule has 2 heterocycles. The smallest absolute Gasteiger partial charge is 0.371 e. The lowest BCUT2D eigenvalue weighted by Gasteiger charge is -2.21. The zero-order chi connectivity index (χ0) is 19.4. The monoisotopic (exact) mass is 379 g/mol. The fourth-order valence-electron chi connectivity index (χ4n) is 2.18. The summed E-state index contributed by atoms with van der Waals surface area (Å²) >= 11 is 0. The Balaban J connectivity index is 0.000000450. The molecular formula is C13H25N5O6S. The van der Waals surface area contributed by atoms with Crippen molar-refractivity contribution in [1.82, 2.24) is 9.80 Å². The van der Waals surface area contributed by atoms with Gasteiger partial charge in [-0.1, -0.05) is 6.92 Å². The summed E-state index contributed by atoms with van der Waals surface area (Å²) in [4.78, 5) is 20.6. The van der Waals surface area contributed by atoms with Gasteiger partial charge in [0, 0.05) is 19.3 Å². The van der Waals surface area contributed by atoms with Crippen LogP contribution in [0.15, 0.2) is 16.5 Å². The largest absolute Gasteiger partial charge is 0.748 e. The van der Waals surface area contributed by atoms with E-state index in [1.54, 1.807) is 7.05 Å². The third kappa shape index (κ3) is 5.64. The van der Waals surface area contributed by atoms with Gasteiger partial charge in [0.25, 0.3) is 0 Å². The van der Waals surface area contributed by atoms with Crippen molar-refractivity contribution in [2.24, 2.45) is 10.7 Å². The van der Waals surface area contributed by atoms with Crippen LogP contribution in [-0.2, 0) is 14.9 Å². The molecule has 0 spiro atoms. The van der Waals surface area contributed by atoms with Gasteiger partial charge in [-0.3, -0.25) is 0 Å². The standard InChI is InChI=1S/C11H19N5O3.C2H6O3S/c1-14-6-16(4-3-7(18)5-17)9-8(14)10(19)15(2)11(12)13-9;1-2-6(3,4)5/h7,17-18H,3-6H2,1-2H3,(H2,12,13);2H2,1H3,(H,3,4,5). The number of rotatable bonds is 5. The highest BCUT2D eigenvalue weighted by atomic mass is 32.2. The van der Waals surface area contributed by atoms with E-state index in [0.717, 1.165) is 0 Å². The third-order valence-electron chi connectivity index (χ3n) is 3.74. The van der Waals surface area contributed by atoms with Crippen LogP contribution in [0.3, 0.4) is 0 Å². The van der Waals surface area contributed by atoms with E-state index in [0.29, 0.717) is 36.1 Å². The Morgan fingerprint density at radius 1 is 1.48 bits per heavy atom. The summed E-state index contributed by atoms with van der Waals surface area (Å²) in [5, 5.41) is 18.2. The molecular weight excluding hydrogens is 354 g/mol. The fourth-order valence-corrected chi connectivity index (χ4v) is 2.18. The zero-order valence-corrected chi connectivity index (χ0v) is 15.3. The van der Waals surface area contributed by atoms with Crippen molar-refractivity contribution in [3.8, 4) is 0 Å². The molecule has 0 fully saturated rings. The van der Waals surface area contributed by atoms with E-state index in [9.17, 15) is 22.9 Å². The molecule has 5 N–H and O–H groups in total. The van der Waals surface area contributed by atoms with Crippen LogP contribution in [0, 0.1) is 0 Å². The maximum atomic E-state index is 12.2. The molecule has 2 unspecified atom stereocenters. The van der Waals surface area contributed by atoms with Crippen molar-refractivity contribution in [3.63, 3.8) is 0 Å². The number of nitrogens with one attached hydrogen (secondary N) is 1. The number of guanidine groups is 1. The first-order valence-electron chi connectivity index (χ1n) is 7.67. The second-order valence-electron chi connectivity index (χ2n) is 5.70. The van der Waals surface area contributed by atoms with Crippen LogP contribution in [0.5, 0.6) is 0 Å². The minimum Gasteiger partial charge on any atom is -0.748 e. The first-order chi connectivity index (χ1) is 11.5. The molecule has 0 aliphatic carbocycles. The highest BCUT2D eigenvalue weighted by Crippen LogP contribution is 2.24. The lowest BCUT2D eigenvalue weighted by Crippen LogP contribution is -3.16. The van der Waals surface area contributed by atoms with Crippen LogP contribution in [0.25, 0.3) is 0 Å². The molecule has 0 radical (unpaired) electrons. The molecule has 2 aliphatic heterocycles. The molecule has 2 rings (SSSR count). The summed E-state index contributed by atoms with van der Waals surface area (Å²) in [5.74, 6) is 0.384. The molecule has 11 nitrogen and oxygen atoms in total. The maximum absolute atomic E-state index is 12.2. The molecule has 0 bridgehead atoms. The summed E-state index contributed by atoms with van der Waals surface area (Å²) in [7, 11) is -0.429. The molecule has 0 aromatic rings. The first kappa shape index (κ1) is 21.3. The maximum Gasteiger partial charge on any atom is 0.371 e. The van der Waals surface area contributed by atoms with Gasteiger partial charge in [0.15, 0.2) is 11.5 Å². The normalized spacial score (nSPS) is 21.6. The quantitative estimate of drug-likeness (QED) is 0.349. The van der Waals surface area contributed by atoms with Crippen molar-refractivity contribution >= 4 is 22.0 Å². The van der Waals surface area contributed by atoms with E-state index < -0.39 is 16.2 Å². The topological polar surface area (TPSA) is 164 Å². The van der Waals surface area contributed by atoms with E-state index >= 15 is 0 Å². The van der Waals surface area contributed by atoms with Crippen LogP contribution in [0.2, 0.25) is 0 Å². The van der Waals surface area contributed by atoms with E-state index in [1.807, 2.05) is 16.8 Å². The predicted molar refractivity (Wildman–Crippen MR) is 87.8 cm³/mol. The average molecular weight is 379 g/mol. The lowest BCUT2D eigenvalue weighted by atomic mass is 10.2. The lowest BCUT2D eigenvalue weighted by molar-refractivity contribution is -0.696. The molecule has 0 saturated carbocycles. The van der Waals surface area contributed by atoms with Gasteiger partial charge in [0.1, 0.15) is 0 Å². The Morgan fingerprint density at radius 3 is 2.52 bits per heavy atom. The minimum atomic E-state index is -3.91. The Hall–Kier alpha value is -1.73. The minimum absolute atomic E-state index is 0.102. The number of aliphatic imine (C=N–C) groups is 1. The second kappa shape index (κ2) is 8.58. The summed E-state index contributed by atoms with van der Waals surface area (Å²) < 4.78 is 28.3. The molecule has 12 heteroatoms. The SMILES string of the molecule is CCS(=O)(=O)[O-].CN1CN(CCC(O)CO)C2=C1C(=O)[NH+](C)C(N)=N2. The van der Waals surface area contributed by atoms with Gasteiger partial charge in [-0.15, -0.1) is 0 Å². The molecule has 25 heavy (non-hydrogen) atoms. The molecule has 0 aromatic carbocycles. The number of quaternary nitrogens is 1. The van der Waals surface area contributed by atoms with E-state index in [-0.39, 0.29) is 24.2 Å². The highest BCUT2D eigenvalue weighted by molar-refractivity contribution is 7.85. The summed E-state index contributed by atoms with van der Waals surface area (Å²) in [6.07, 6.45) is -0.350. The number of amides is 1. The number of nitrogens with zero attached hydrogens (tertiary/aromatic N) is 3. The van der Waals surface area contributed by atoms with Crippen molar-refractivity contribution in [3.05, 3.63) is 11.5 Å². The molecule has 1 amide bonds. The van der Waals surface area contributed by atoms with Crippen molar-refractivity contribution < 1.29 is 32.9 Å². The van der Waals surface area contributed by atoms with Crippen molar-refractivity contribution in [2.75, 3.05) is 39.7 Å². The number of carbonyl (C=O) groups excluding carboxylic acids is 1. The second-order valence-corrected chi connectivity index (χ2v) is 7.39. The van der Waals surface area contributed by atoms with Crippen LogP contribution in [0.4, 0.5) is 0 Å². The predicted octanol–water partition coefficient (Wildman–Crippen LogP) is -3.98. The van der Waals surface area contributed by atoms with E-state index in [1.165, 1.54) is 6.92 Å². The number of hydrogen-bond acceptors (Lipinski definition) is 10. The number of hydrogen-bond donors (Lipinski definition) is 4. The van der Waals surface area contributed by atoms with Gasteiger partial charge in [0.2, 0.25) is 0 Å². The van der Waals surface area contributed by atoms with Crippen molar-refractivity contribution in [2.45, 2.75) is 19.4 Å². The number of aliphatic hydroxyl groups excluding tert-OH is 2. The molecule has 0 aromatic heterocycles. The van der Waals surface area contributed by atoms with E-state index in [2.05, 4.69) is 4.99 Å².